The zero-order chi connectivity index (χ0) is 16.7. The molecular weight excluding hydrogens is 338 g/mol. The number of nitrogens with zero attached hydrogens (tertiary/aromatic N) is 1. The summed E-state index contributed by atoms with van der Waals surface area (Å²) in [6.07, 6.45) is 8.58. The summed E-state index contributed by atoms with van der Waals surface area (Å²) in [6.45, 7) is 4.64. The van der Waals surface area contributed by atoms with Gasteiger partial charge in [0.2, 0.25) is 11.8 Å². The third-order valence-corrected chi connectivity index (χ3v) is 6.96. The van der Waals surface area contributed by atoms with E-state index in [1.54, 1.807) is 0 Å². The molecular formula is C19H32ClN3O2. The van der Waals surface area contributed by atoms with Gasteiger partial charge in [-0.25, -0.2) is 0 Å². The average Bonchev–Trinajstić information content (AvgIpc) is 2.51. The molecule has 1 atom stereocenters. The average molecular weight is 370 g/mol. The van der Waals surface area contributed by atoms with E-state index in [1.807, 2.05) is 4.90 Å². The minimum absolute atomic E-state index is 0. The van der Waals surface area contributed by atoms with E-state index in [0.29, 0.717) is 6.42 Å². The van der Waals surface area contributed by atoms with Crippen molar-refractivity contribution in [3.8, 4) is 0 Å². The predicted molar refractivity (Wildman–Crippen MR) is 99.5 cm³/mol. The molecule has 1 saturated heterocycles. The fraction of sp³-hybridized carbons (Fsp3) is 0.895. The topological polar surface area (TPSA) is 61.4 Å². The fourth-order valence-corrected chi connectivity index (χ4v) is 6.40. The third kappa shape index (κ3) is 3.97. The van der Waals surface area contributed by atoms with Crippen molar-refractivity contribution >= 4 is 24.2 Å². The molecule has 5 nitrogen and oxygen atoms in total. The third-order valence-electron chi connectivity index (χ3n) is 6.96. The lowest BCUT2D eigenvalue weighted by Gasteiger charge is -2.56. The molecule has 1 aliphatic heterocycles. The standard InChI is InChI=1S/C19H31N3O2.ClH/c1-13-11-20-2-3-22(13)18(24)12-21-17(23)10-19-7-14-4-15(8-19)6-16(5-14)9-19;/h13-16,20H,2-12H2,1H3,(H,21,23);1H/t13-,14?,15?,16?,19?;/m0./s1. The van der Waals surface area contributed by atoms with Crippen LogP contribution in [0.1, 0.15) is 51.9 Å². The minimum Gasteiger partial charge on any atom is -0.347 e. The molecule has 0 radical (unpaired) electrons. The summed E-state index contributed by atoms with van der Waals surface area (Å²) in [5.41, 5.74) is 0.254. The van der Waals surface area contributed by atoms with E-state index in [4.69, 9.17) is 0 Å². The van der Waals surface area contributed by atoms with Gasteiger partial charge in [0.05, 0.1) is 6.54 Å². The van der Waals surface area contributed by atoms with Gasteiger partial charge >= 0.3 is 0 Å². The molecule has 142 valence electrons. The summed E-state index contributed by atoms with van der Waals surface area (Å²) in [4.78, 5) is 26.8. The maximum Gasteiger partial charge on any atom is 0.242 e. The van der Waals surface area contributed by atoms with Crippen molar-refractivity contribution in [2.24, 2.45) is 23.2 Å². The van der Waals surface area contributed by atoms with Crippen LogP contribution in [0.4, 0.5) is 0 Å². The minimum atomic E-state index is 0. The molecule has 5 fully saturated rings. The predicted octanol–water partition coefficient (Wildman–Crippen LogP) is 1.95. The highest BCUT2D eigenvalue weighted by atomic mass is 35.5. The second-order valence-electron chi connectivity index (χ2n) is 9.01. The lowest BCUT2D eigenvalue weighted by Crippen LogP contribution is -2.54. The number of amides is 2. The van der Waals surface area contributed by atoms with Crippen LogP contribution in [0, 0.1) is 23.2 Å². The number of halogens is 1. The molecule has 6 heteroatoms. The van der Waals surface area contributed by atoms with Gasteiger partial charge in [-0.15, -0.1) is 12.4 Å². The highest BCUT2D eigenvalue weighted by Gasteiger charge is 2.51. The Kier molecular flexibility index (Phi) is 5.64. The van der Waals surface area contributed by atoms with Crippen LogP contribution in [-0.4, -0.2) is 48.9 Å². The van der Waals surface area contributed by atoms with Gasteiger partial charge in [0.25, 0.3) is 0 Å². The van der Waals surface area contributed by atoms with Crippen LogP contribution in [0.2, 0.25) is 0 Å². The van der Waals surface area contributed by atoms with Crippen LogP contribution in [0.15, 0.2) is 0 Å². The number of rotatable bonds is 4. The van der Waals surface area contributed by atoms with Crippen LogP contribution >= 0.6 is 12.4 Å². The second kappa shape index (κ2) is 7.43. The van der Waals surface area contributed by atoms with Crippen molar-refractivity contribution < 1.29 is 9.59 Å². The van der Waals surface area contributed by atoms with Gasteiger partial charge in [0.15, 0.2) is 0 Å². The molecule has 4 saturated carbocycles. The molecule has 0 aromatic rings. The van der Waals surface area contributed by atoms with Gasteiger partial charge in [0, 0.05) is 32.1 Å². The van der Waals surface area contributed by atoms with E-state index in [0.717, 1.165) is 37.4 Å². The monoisotopic (exact) mass is 369 g/mol. The van der Waals surface area contributed by atoms with Gasteiger partial charge in [0.1, 0.15) is 0 Å². The van der Waals surface area contributed by atoms with Crippen molar-refractivity contribution in [3.05, 3.63) is 0 Å². The number of carbonyl (C=O) groups excluding carboxylic acids is 2. The lowest BCUT2D eigenvalue weighted by molar-refractivity contribution is -0.137. The Bertz CT molecular complexity index is 490. The zero-order valence-corrected chi connectivity index (χ0v) is 16.1. The quantitative estimate of drug-likeness (QED) is 0.796. The molecule has 5 aliphatic rings. The second-order valence-corrected chi connectivity index (χ2v) is 9.01. The zero-order valence-electron chi connectivity index (χ0n) is 15.3. The van der Waals surface area contributed by atoms with Crippen molar-refractivity contribution in [1.29, 1.82) is 0 Å². The number of nitrogens with one attached hydrogen (secondary N) is 2. The Morgan fingerprint density at radius 3 is 2.28 bits per heavy atom. The Morgan fingerprint density at radius 1 is 1.12 bits per heavy atom. The Hall–Kier alpha value is -0.810. The maximum absolute atomic E-state index is 12.5. The molecule has 0 aromatic heterocycles. The van der Waals surface area contributed by atoms with Crippen molar-refractivity contribution in [2.45, 2.75) is 57.9 Å². The number of carbonyl (C=O) groups is 2. The van der Waals surface area contributed by atoms with E-state index in [1.165, 1.54) is 38.5 Å². The smallest absolute Gasteiger partial charge is 0.242 e. The van der Waals surface area contributed by atoms with Gasteiger partial charge in [-0.05, 0) is 68.6 Å². The first-order chi connectivity index (χ1) is 11.5. The van der Waals surface area contributed by atoms with Crippen molar-refractivity contribution in [1.82, 2.24) is 15.5 Å². The van der Waals surface area contributed by atoms with Crippen molar-refractivity contribution in [2.75, 3.05) is 26.2 Å². The van der Waals surface area contributed by atoms with Crippen LogP contribution in [0.5, 0.6) is 0 Å². The number of hydrogen-bond donors (Lipinski definition) is 2. The van der Waals surface area contributed by atoms with E-state index < -0.39 is 0 Å². The van der Waals surface area contributed by atoms with Crippen molar-refractivity contribution in [3.63, 3.8) is 0 Å². The Labute approximate surface area is 157 Å². The highest BCUT2D eigenvalue weighted by molar-refractivity contribution is 5.85. The molecule has 25 heavy (non-hydrogen) atoms. The molecule has 4 bridgehead atoms. The Morgan fingerprint density at radius 2 is 1.72 bits per heavy atom. The van der Waals surface area contributed by atoms with Gasteiger partial charge in [-0.2, -0.15) is 0 Å². The molecule has 2 amide bonds. The summed E-state index contributed by atoms with van der Waals surface area (Å²) >= 11 is 0. The lowest BCUT2D eigenvalue weighted by atomic mass is 9.49. The molecule has 0 aromatic carbocycles. The van der Waals surface area contributed by atoms with E-state index in [-0.39, 0.29) is 42.2 Å². The summed E-state index contributed by atoms with van der Waals surface area (Å²) < 4.78 is 0. The SMILES string of the molecule is C[C@H]1CNCCN1C(=O)CNC(=O)CC12CC3CC(CC(C3)C1)C2.Cl. The summed E-state index contributed by atoms with van der Waals surface area (Å²) in [5, 5.41) is 6.21. The first kappa shape index (κ1) is 19.0. The summed E-state index contributed by atoms with van der Waals surface area (Å²) in [6, 6.07) is 0.214. The van der Waals surface area contributed by atoms with Gasteiger partial charge < -0.3 is 15.5 Å². The maximum atomic E-state index is 12.5. The van der Waals surface area contributed by atoms with Crippen LogP contribution in [0.25, 0.3) is 0 Å². The summed E-state index contributed by atoms with van der Waals surface area (Å²) in [5.74, 6) is 2.75. The van der Waals surface area contributed by atoms with Crippen LogP contribution in [0.3, 0.4) is 0 Å². The highest BCUT2D eigenvalue weighted by Crippen LogP contribution is 2.61. The molecule has 2 N–H and O–H groups in total. The van der Waals surface area contributed by atoms with Crippen LogP contribution < -0.4 is 10.6 Å². The first-order valence-corrected chi connectivity index (χ1v) is 9.80. The molecule has 0 unspecified atom stereocenters. The molecule has 4 aliphatic carbocycles. The number of hydrogen-bond acceptors (Lipinski definition) is 3. The van der Waals surface area contributed by atoms with Crippen LogP contribution in [-0.2, 0) is 9.59 Å². The first-order valence-electron chi connectivity index (χ1n) is 9.80. The molecule has 5 rings (SSSR count). The normalized spacial score (nSPS) is 39.0. The van der Waals surface area contributed by atoms with Gasteiger partial charge in [-0.1, -0.05) is 0 Å². The fourth-order valence-electron chi connectivity index (χ4n) is 6.40. The Balaban J connectivity index is 0.00000182. The van der Waals surface area contributed by atoms with E-state index in [2.05, 4.69) is 17.6 Å². The van der Waals surface area contributed by atoms with E-state index >= 15 is 0 Å². The summed E-state index contributed by atoms with van der Waals surface area (Å²) in [7, 11) is 0. The largest absolute Gasteiger partial charge is 0.347 e. The number of piperazine rings is 1. The van der Waals surface area contributed by atoms with Gasteiger partial charge in [-0.3, -0.25) is 9.59 Å². The van der Waals surface area contributed by atoms with E-state index in [9.17, 15) is 9.59 Å². The molecule has 0 spiro atoms. The molecule has 1 heterocycles.